The van der Waals surface area contributed by atoms with Gasteiger partial charge in [-0.2, -0.15) is 0 Å². The summed E-state index contributed by atoms with van der Waals surface area (Å²) in [6, 6.07) is 11.4. The molecule has 2 aromatic carbocycles. The van der Waals surface area contributed by atoms with Gasteiger partial charge in [0.25, 0.3) is 5.56 Å². The van der Waals surface area contributed by atoms with Gasteiger partial charge in [0.2, 0.25) is 0 Å². The molecule has 0 unspecified atom stereocenters. The summed E-state index contributed by atoms with van der Waals surface area (Å²) in [5.74, 6) is 0.569. The third kappa shape index (κ3) is 5.11. The number of nitrogens with one attached hydrogen (secondary N) is 1. The molecule has 0 atom stereocenters. The topological polar surface area (TPSA) is 59.4 Å². The van der Waals surface area contributed by atoms with E-state index in [1.165, 1.54) is 6.20 Å². The van der Waals surface area contributed by atoms with E-state index < -0.39 is 0 Å². The highest BCUT2D eigenvalue weighted by Gasteiger charge is 2.19. The van der Waals surface area contributed by atoms with E-state index in [0.29, 0.717) is 30.4 Å². The molecule has 0 saturated carbocycles. The van der Waals surface area contributed by atoms with Crippen LogP contribution in [0, 0.1) is 12.7 Å². The van der Waals surface area contributed by atoms with E-state index in [-0.39, 0.29) is 11.4 Å². The lowest BCUT2D eigenvalue weighted by molar-refractivity contribution is 0.191. The Hall–Kier alpha value is -2.77. The van der Waals surface area contributed by atoms with Crippen LogP contribution < -0.4 is 15.6 Å². The molecule has 1 fully saturated rings. The number of hydrogen-bond acceptors (Lipinski definition) is 5. The minimum absolute atomic E-state index is 0.0948. The molecule has 0 spiro atoms. The van der Waals surface area contributed by atoms with Crippen molar-refractivity contribution in [2.45, 2.75) is 38.9 Å². The fourth-order valence-corrected chi connectivity index (χ4v) is 4.11. The van der Waals surface area contributed by atoms with Crippen molar-refractivity contribution < 1.29 is 9.13 Å². The predicted octanol–water partition coefficient (Wildman–Crippen LogP) is 3.11. The van der Waals surface area contributed by atoms with Crippen LogP contribution in [0.3, 0.4) is 0 Å². The number of benzene rings is 2. The normalized spacial score (nSPS) is 15.5. The van der Waals surface area contributed by atoms with Gasteiger partial charge in [0.1, 0.15) is 11.6 Å². The van der Waals surface area contributed by atoms with Gasteiger partial charge in [-0.3, -0.25) is 4.79 Å². The molecule has 1 saturated heterocycles. The quantitative estimate of drug-likeness (QED) is 0.632. The highest BCUT2D eigenvalue weighted by atomic mass is 19.1. The summed E-state index contributed by atoms with van der Waals surface area (Å²) in [7, 11) is 1.62. The van der Waals surface area contributed by atoms with E-state index in [1.807, 2.05) is 30.3 Å². The molecule has 7 heteroatoms. The second-order valence-electron chi connectivity index (χ2n) is 8.18. The van der Waals surface area contributed by atoms with Crippen molar-refractivity contribution in [3.05, 3.63) is 69.9 Å². The Morgan fingerprint density at radius 2 is 1.97 bits per heavy atom. The van der Waals surface area contributed by atoms with Gasteiger partial charge in [-0.25, -0.2) is 9.37 Å². The van der Waals surface area contributed by atoms with Crippen molar-refractivity contribution in [3.8, 4) is 5.75 Å². The first-order valence-electron chi connectivity index (χ1n) is 10.8. The smallest absolute Gasteiger partial charge is 0.269 e. The number of fused-ring (bicyclic) bond motifs is 1. The van der Waals surface area contributed by atoms with Crippen molar-refractivity contribution in [2.24, 2.45) is 0 Å². The first-order chi connectivity index (χ1) is 15.0. The van der Waals surface area contributed by atoms with E-state index in [9.17, 15) is 9.18 Å². The fraction of sp³-hybridized carbons (Fsp3) is 0.417. The molecule has 3 aromatic rings. The number of nitrogens with zero attached hydrogens (tertiary/aromatic N) is 3. The van der Waals surface area contributed by atoms with E-state index in [1.54, 1.807) is 24.7 Å². The monoisotopic (exact) mass is 424 g/mol. The molecule has 1 N–H and O–H groups in total. The lowest BCUT2D eigenvalue weighted by Crippen LogP contribution is -2.43. The van der Waals surface area contributed by atoms with Crippen molar-refractivity contribution in [3.63, 3.8) is 0 Å². The van der Waals surface area contributed by atoms with Crippen LogP contribution in [0.4, 0.5) is 4.39 Å². The standard InChI is InChI=1S/C24H29FN4O2/c1-17-3-4-18(13-21(17)25)15-26-19-7-9-28(10-8-19)11-12-29-23-14-20(31-2)5-6-22(23)27-16-24(29)30/h3-6,13-14,16,19,26H,7-12,15H2,1-2H3. The highest BCUT2D eigenvalue weighted by molar-refractivity contribution is 5.76. The van der Waals surface area contributed by atoms with Gasteiger partial charge in [-0.05, 0) is 62.2 Å². The molecule has 164 valence electrons. The predicted molar refractivity (Wildman–Crippen MR) is 120 cm³/mol. The zero-order valence-corrected chi connectivity index (χ0v) is 18.1. The summed E-state index contributed by atoms with van der Waals surface area (Å²) >= 11 is 0. The van der Waals surface area contributed by atoms with Crippen LogP contribution in [0.15, 0.2) is 47.4 Å². The van der Waals surface area contributed by atoms with Gasteiger partial charge < -0.3 is 19.5 Å². The number of aromatic nitrogens is 2. The second-order valence-corrected chi connectivity index (χ2v) is 8.18. The number of ether oxygens (including phenoxy) is 1. The van der Waals surface area contributed by atoms with Gasteiger partial charge in [0, 0.05) is 31.7 Å². The van der Waals surface area contributed by atoms with Gasteiger partial charge in [-0.1, -0.05) is 12.1 Å². The van der Waals surface area contributed by atoms with E-state index in [0.717, 1.165) is 49.1 Å². The van der Waals surface area contributed by atoms with Crippen molar-refractivity contribution in [1.82, 2.24) is 19.8 Å². The van der Waals surface area contributed by atoms with Crippen LogP contribution in [0.25, 0.3) is 11.0 Å². The summed E-state index contributed by atoms with van der Waals surface area (Å²) < 4.78 is 20.8. The molecular formula is C24H29FN4O2. The Morgan fingerprint density at radius 1 is 1.16 bits per heavy atom. The summed E-state index contributed by atoms with van der Waals surface area (Å²) in [4.78, 5) is 19.1. The molecule has 6 nitrogen and oxygen atoms in total. The minimum atomic E-state index is -0.148. The molecule has 1 aliphatic rings. The Morgan fingerprint density at radius 3 is 2.71 bits per heavy atom. The lowest BCUT2D eigenvalue weighted by atomic mass is 10.0. The molecule has 2 heterocycles. The maximum absolute atomic E-state index is 13.7. The average Bonchev–Trinajstić information content (AvgIpc) is 2.79. The Labute approximate surface area is 181 Å². The highest BCUT2D eigenvalue weighted by Crippen LogP contribution is 2.18. The van der Waals surface area contributed by atoms with Gasteiger partial charge in [0.15, 0.2) is 0 Å². The molecule has 0 bridgehead atoms. The number of piperidine rings is 1. The maximum atomic E-state index is 13.7. The summed E-state index contributed by atoms with van der Waals surface area (Å²) in [5, 5.41) is 3.55. The third-order valence-electron chi connectivity index (χ3n) is 6.11. The molecule has 31 heavy (non-hydrogen) atoms. The number of aryl methyl sites for hydroxylation is 1. The number of halogens is 1. The van der Waals surface area contributed by atoms with Gasteiger partial charge in [-0.15, -0.1) is 0 Å². The van der Waals surface area contributed by atoms with Crippen LogP contribution in [0.2, 0.25) is 0 Å². The number of likely N-dealkylation sites (tertiary alicyclic amines) is 1. The summed E-state index contributed by atoms with van der Waals surface area (Å²) in [5.41, 5.74) is 3.15. The Kier molecular flexibility index (Phi) is 6.63. The van der Waals surface area contributed by atoms with E-state index in [2.05, 4.69) is 15.2 Å². The van der Waals surface area contributed by atoms with Crippen molar-refractivity contribution in [2.75, 3.05) is 26.7 Å². The maximum Gasteiger partial charge on any atom is 0.269 e. The van der Waals surface area contributed by atoms with Crippen LogP contribution >= 0.6 is 0 Å². The first-order valence-corrected chi connectivity index (χ1v) is 10.8. The van der Waals surface area contributed by atoms with Crippen LogP contribution in [-0.4, -0.2) is 47.2 Å². The largest absolute Gasteiger partial charge is 0.497 e. The fourth-order valence-electron chi connectivity index (χ4n) is 4.11. The van der Waals surface area contributed by atoms with E-state index in [4.69, 9.17) is 4.74 Å². The third-order valence-corrected chi connectivity index (χ3v) is 6.11. The van der Waals surface area contributed by atoms with Crippen LogP contribution in [0.1, 0.15) is 24.0 Å². The van der Waals surface area contributed by atoms with Crippen LogP contribution in [-0.2, 0) is 13.1 Å². The lowest BCUT2D eigenvalue weighted by Gasteiger charge is -2.32. The molecule has 0 radical (unpaired) electrons. The molecule has 1 aromatic heterocycles. The molecule has 4 rings (SSSR count). The summed E-state index contributed by atoms with van der Waals surface area (Å²) in [6.07, 6.45) is 3.46. The number of methoxy groups -OCH3 is 1. The first kappa shape index (κ1) is 21.5. The number of rotatable bonds is 7. The van der Waals surface area contributed by atoms with Crippen LogP contribution in [0.5, 0.6) is 5.75 Å². The minimum Gasteiger partial charge on any atom is -0.497 e. The Bertz CT molecular complexity index is 1110. The molecule has 0 aliphatic carbocycles. The van der Waals surface area contributed by atoms with Gasteiger partial charge >= 0.3 is 0 Å². The van der Waals surface area contributed by atoms with Crippen molar-refractivity contribution >= 4 is 11.0 Å². The van der Waals surface area contributed by atoms with E-state index >= 15 is 0 Å². The van der Waals surface area contributed by atoms with Crippen molar-refractivity contribution in [1.29, 1.82) is 0 Å². The molecule has 0 amide bonds. The average molecular weight is 425 g/mol. The second kappa shape index (κ2) is 9.58. The summed E-state index contributed by atoms with van der Waals surface area (Å²) in [6.45, 7) is 5.84. The zero-order chi connectivity index (χ0) is 21.8. The Balaban J connectivity index is 1.31. The number of hydrogen-bond donors (Lipinski definition) is 1. The zero-order valence-electron chi connectivity index (χ0n) is 18.1. The SMILES string of the molecule is COc1ccc2ncc(=O)n(CCN3CCC(NCc4ccc(C)c(F)c4)CC3)c2c1. The van der Waals surface area contributed by atoms with Gasteiger partial charge in [0.05, 0.1) is 24.3 Å². The molecular weight excluding hydrogens is 395 g/mol. The molecule has 1 aliphatic heterocycles.